The van der Waals surface area contributed by atoms with E-state index >= 15 is 0 Å². The Morgan fingerprint density at radius 1 is 1.16 bits per heavy atom. The second-order valence-corrected chi connectivity index (χ2v) is 4.58. The summed E-state index contributed by atoms with van der Waals surface area (Å²) in [6, 6.07) is 10.1. The van der Waals surface area contributed by atoms with Crippen molar-refractivity contribution in [3.05, 3.63) is 53.9 Å². The Kier molecular flexibility index (Phi) is 2.91. The van der Waals surface area contributed by atoms with Crippen molar-refractivity contribution < 1.29 is 4.74 Å². The fraction of sp³-hybridized carbons (Fsp3) is 0.200. The molecule has 0 unspecified atom stereocenters. The summed E-state index contributed by atoms with van der Waals surface area (Å²) in [6.45, 7) is 2.75. The average Bonchev–Trinajstić information content (AvgIpc) is 2.82. The summed E-state index contributed by atoms with van der Waals surface area (Å²) in [5.41, 5.74) is 3.24. The molecule has 0 amide bonds. The third-order valence-corrected chi connectivity index (χ3v) is 3.10. The SMILES string of the molecule is COc1ccc(Cn2ncc3cc(C)cnc32)cc1. The highest BCUT2D eigenvalue weighted by atomic mass is 16.5. The molecule has 2 heterocycles. The Morgan fingerprint density at radius 3 is 2.68 bits per heavy atom. The molecular weight excluding hydrogens is 238 g/mol. The maximum Gasteiger partial charge on any atom is 0.158 e. The summed E-state index contributed by atoms with van der Waals surface area (Å²) in [5.74, 6) is 0.864. The molecule has 0 aliphatic heterocycles. The van der Waals surface area contributed by atoms with Crippen molar-refractivity contribution in [2.75, 3.05) is 7.11 Å². The van der Waals surface area contributed by atoms with Crippen molar-refractivity contribution in [1.29, 1.82) is 0 Å². The predicted octanol–water partition coefficient (Wildman–Crippen LogP) is 2.80. The molecule has 4 heteroatoms. The van der Waals surface area contributed by atoms with Crippen molar-refractivity contribution in [3.8, 4) is 5.75 Å². The molecule has 0 spiro atoms. The summed E-state index contributed by atoms with van der Waals surface area (Å²) in [7, 11) is 1.67. The highest BCUT2D eigenvalue weighted by Crippen LogP contribution is 2.16. The number of fused-ring (bicyclic) bond motifs is 1. The highest BCUT2D eigenvalue weighted by molar-refractivity contribution is 5.74. The van der Waals surface area contributed by atoms with Crippen LogP contribution in [0.25, 0.3) is 11.0 Å². The van der Waals surface area contributed by atoms with Gasteiger partial charge < -0.3 is 4.74 Å². The zero-order chi connectivity index (χ0) is 13.2. The minimum atomic E-state index is 0.712. The molecule has 3 aromatic rings. The van der Waals surface area contributed by atoms with Gasteiger partial charge in [0.05, 0.1) is 19.9 Å². The van der Waals surface area contributed by atoms with Crippen LogP contribution >= 0.6 is 0 Å². The summed E-state index contributed by atoms with van der Waals surface area (Å²) >= 11 is 0. The third-order valence-electron chi connectivity index (χ3n) is 3.10. The third kappa shape index (κ3) is 2.29. The lowest BCUT2D eigenvalue weighted by atomic mass is 10.2. The highest BCUT2D eigenvalue weighted by Gasteiger charge is 2.05. The Bertz CT molecular complexity index is 701. The predicted molar refractivity (Wildman–Crippen MR) is 74.4 cm³/mol. The first-order valence-electron chi connectivity index (χ1n) is 6.17. The van der Waals surface area contributed by atoms with Crippen LogP contribution in [0.1, 0.15) is 11.1 Å². The summed E-state index contributed by atoms with van der Waals surface area (Å²) in [5, 5.41) is 5.47. The molecule has 19 heavy (non-hydrogen) atoms. The fourth-order valence-corrected chi connectivity index (χ4v) is 2.10. The summed E-state index contributed by atoms with van der Waals surface area (Å²) < 4.78 is 7.07. The fourth-order valence-electron chi connectivity index (χ4n) is 2.10. The number of nitrogens with zero attached hydrogens (tertiary/aromatic N) is 3. The van der Waals surface area contributed by atoms with E-state index in [0.29, 0.717) is 6.54 Å². The van der Waals surface area contributed by atoms with E-state index in [-0.39, 0.29) is 0 Å². The minimum Gasteiger partial charge on any atom is -0.497 e. The Hall–Kier alpha value is -2.36. The number of hydrogen-bond acceptors (Lipinski definition) is 3. The van der Waals surface area contributed by atoms with E-state index in [4.69, 9.17) is 4.74 Å². The van der Waals surface area contributed by atoms with Gasteiger partial charge >= 0.3 is 0 Å². The lowest BCUT2D eigenvalue weighted by Gasteiger charge is -2.05. The van der Waals surface area contributed by atoms with E-state index in [1.807, 2.05) is 48.3 Å². The van der Waals surface area contributed by atoms with Crippen LogP contribution in [0.4, 0.5) is 0 Å². The molecule has 0 N–H and O–H groups in total. The average molecular weight is 253 g/mol. The topological polar surface area (TPSA) is 39.9 Å². The number of aromatic nitrogens is 3. The van der Waals surface area contributed by atoms with Gasteiger partial charge in [-0.05, 0) is 36.2 Å². The summed E-state index contributed by atoms with van der Waals surface area (Å²) in [6.07, 6.45) is 3.73. The second kappa shape index (κ2) is 4.72. The van der Waals surface area contributed by atoms with Gasteiger partial charge in [0, 0.05) is 11.6 Å². The molecular formula is C15H15N3O. The second-order valence-electron chi connectivity index (χ2n) is 4.58. The molecule has 3 rings (SSSR count). The normalized spacial score (nSPS) is 10.8. The van der Waals surface area contributed by atoms with E-state index in [0.717, 1.165) is 22.3 Å². The van der Waals surface area contributed by atoms with Gasteiger partial charge in [0.1, 0.15) is 5.75 Å². The van der Waals surface area contributed by atoms with Gasteiger partial charge in [-0.2, -0.15) is 5.10 Å². The van der Waals surface area contributed by atoms with Crippen molar-refractivity contribution in [2.45, 2.75) is 13.5 Å². The van der Waals surface area contributed by atoms with Crippen LogP contribution in [0.3, 0.4) is 0 Å². The molecule has 4 nitrogen and oxygen atoms in total. The van der Waals surface area contributed by atoms with Crippen LogP contribution in [-0.2, 0) is 6.54 Å². The molecule has 0 radical (unpaired) electrons. The molecule has 1 aromatic carbocycles. The molecule has 0 aliphatic carbocycles. The number of ether oxygens (including phenoxy) is 1. The first kappa shape index (κ1) is 11.7. The number of pyridine rings is 1. The maximum absolute atomic E-state index is 5.15. The van der Waals surface area contributed by atoms with E-state index in [9.17, 15) is 0 Å². The number of methoxy groups -OCH3 is 1. The van der Waals surface area contributed by atoms with E-state index in [2.05, 4.69) is 16.1 Å². The summed E-state index contributed by atoms with van der Waals surface area (Å²) in [4.78, 5) is 4.45. The zero-order valence-corrected chi connectivity index (χ0v) is 11.0. The number of aryl methyl sites for hydroxylation is 1. The molecule has 0 saturated carbocycles. The zero-order valence-electron chi connectivity index (χ0n) is 11.0. The Balaban J connectivity index is 1.92. The Labute approximate surface area is 111 Å². The van der Waals surface area contributed by atoms with Crippen molar-refractivity contribution in [3.63, 3.8) is 0 Å². The van der Waals surface area contributed by atoms with Crippen molar-refractivity contribution in [1.82, 2.24) is 14.8 Å². The lowest BCUT2D eigenvalue weighted by Crippen LogP contribution is -2.02. The molecule has 96 valence electrons. The van der Waals surface area contributed by atoms with Crippen LogP contribution in [0.2, 0.25) is 0 Å². The van der Waals surface area contributed by atoms with Crippen LogP contribution in [-0.4, -0.2) is 21.9 Å². The first-order valence-corrected chi connectivity index (χ1v) is 6.17. The molecule has 0 atom stereocenters. The monoisotopic (exact) mass is 253 g/mol. The smallest absolute Gasteiger partial charge is 0.158 e. The van der Waals surface area contributed by atoms with Crippen LogP contribution in [0.15, 0.2) is 42.7 Å². The minimum absolute atomic E-state index is 0.712. The van der Waals surface area contributed by atoms with Gasteiger partial charge in [0.15, 0.2) is 5.65 Å². The first-order chi connectivity index (χ1) is 9.26. The van der Waals surface area contributed by atoms with Gasteiger partial charge in [0.2, 0.25) is 0 Å². The largest absolute Gasteiger partial charge is 0.497 e. The van der Waals surface area contributed by atoms with Gasteiger partial charge in [-0.15, -0.1) is 0 Å². The molecule has 0 fully saturated rings. The van der Waals surface area contributed by atoms with Crippen LogP contribution in [0, 0.1) is 6.92 Å². The number of rotatable bonds is 3. The van der Waals surface area contributed by atoms with E-state index in [1.165, 1.54) is 5.56 Å². The molecule has 0 bridgehead atoms. The number of benzene rings is 1. The van der Waals surface area contributed by atoms with Crippen LogP contribution < -0.4 is 4.74 Å². The van der Waals surface area contributed by atoms with E-state index < -0.39 is 0 Å². The lowest BCUT2D eigenvalue weighted by molar-refractivity contribution is 0.414. The van der Waals surface area contributed by atoms with Gasteiger partial charge in [-0.3, -0.25) is 0 Å². The number of hydrogen-bond donors (Lipinski definition) is 0. The van der Waals surface area contributed by atoms with Gasteiger partial charge in [0.25, 0.3) is 0 Å². The molecule has 0 saturated heterocycles. The van der Waals surface area contributed by atoms with E-state index in [1.54, 1.807) is 7.11 Å². The van der Waals surface area contributed by atoms with Crippen molar-refractivity contribution >= 4 is 11.0 Å². The van der Waals surface area contributed by atoms with Crippen molar-refractivity contribution in [2.24, 2.45) is 0 Å². The van der Waals surface area contributed by atoms with Gasteiger partial charge in [-0.1, -0.05) is 12.1 Å². The molecule has 2 aromatic heterocycles. The van der Waals surface area contributed by atoms with Crippen LogP contribution in [0.5, 0.6) is 5.75 Å². The molecule has 0 aliphatic rings. The quantitative estimate of drug-likeness (QED) is 0.720. The maximum atomic E-state index is 5.15. The standard InChI is InChI=1S/C15H15N3O/c1-11-7-13-9-17-18(15(13)16-8-11)10-12-3-5-14(19-2)6-4-12/h3-9H,10H2,1-2H3. The Morgan fingerprint density at radius 2 is 1.95 bits per heavy atom. The van der Waals surface area contributed by atoms with Gasteiger partial charge in [-0.25, -0.2) is 9.67 Å².